The van der Waals surface area contributed by atoms with Crippen LogP contribution in [0.4, 0.5) is 0 Å². The minimum Gasteiger partial charge on any atom is -0.0654 e. The van der Waals surface area contributed by atoms with E-state index in [1.807, 2.05) is 0 Å². The van der Waals surface area contributed by atoms with Crippen LogP contribution in [0.15, 0.2) is 12.1 Å². The molecule has 0 unspecified atom stereocenters. The van der Waals surface area contributed by atoms with Crippen LogP contribution < -0.4 is 0 Å². The van der Waals surface area contributed by atoms with Crippen LogP contribution in [0, 0.1) is 0 Å². The van der Waals surface area contributed by atoms with E-state index in [4.69, 9.17) is 0 Å². The molecular formula is C40H60. The largest absolute Gasteiger partial charge is 0.0654 e. The molecule has 0 spiro atoms. The van der Waals surface area contributed by atoms with Crippen LogP contribution in [-0.4, -0.2) is 0 Å². The van der Waals surface area contributed by atoms with E-state index in [0.29, 0.717) is 11.8 Å². The molecule has 3 aromatic rings. The van der Waals surface area contributed by atoms with Crippen LogP contribution in [0.5, 0.6) is 0 Å². The summed E-state index contributed by atoms with van der Waals surface area (Å²) in [6.45, 7) is 19.3. The van der Waals surface area contributed by atoms with Gasteiger partial charge >= 0.3 is 0 Å². The Kier molecular flexibility index (Phi) is 11.2. The van der Waals surface area contributed by atoms with Gasteiger partial charge in [-0.25, -0.2) is 0 Å². The van der Waals surface area contributed by atoms with Gasteiger partial charge in [0.2, 0.25) is 0 Å². The molecule has 0 saturated carbocycles. The molecule has 1 aliphatic rings. The highest BCUT2D eigenvalue weighted by molar-refractivity contribution is 6.05. The van der Waals surface area contributed by atoms with Crippen molar-refractivity contribution < 1.29 is 0 Å². The van der Waals surface area contributed by atoms with Crippen molar-refractivity contribution in [2.75, 3.05) is 0 Å². The summed E-state index contributed by atoms with van der Waals surface area (Å²) in [5.41, 5.74) is 13.8. The standard InChI is InChI=1S/C40H60/c1-9-13-19-29-30(20-14-10-2)32(22-16-12-4)36-26-38-37(25-35(36)31(29)21-15-11-3)39(27(5)6)33-23-17-18-24-34(33)40(38)28(7)8/h25-28H,9-24H2,1-8H3. The van der Waals surface area contributed by atoms with Gasteiger partial charge < -0.3 is 0 Å². The van der Waals surface area contributed by atoms with Crippen molar-refractivity contribution in [3.8, 4) is 0 Å². The fourth-order valence-corrected chi connectivity index (χ4v) is 7.97. The van der Waals surface area contributed by atoms with Crippen molar-refractivity contribution in [2.24, 2.45) is 0 Å². The summed E-state index contributed by atoms with van der Waals surface area (Å²) in [5.74, 6) is 1.13. The third-order valence-corrected chi connectivity index (χ3v) is 9.88. The van der Waals surface area contributed by atoms with Gasteiger partial charge in [-0.2, -0.15) is 0 Å². The van der Waals surface area contributed by atoms with Crippen LogP contribution in [0.25, 0.3) is 21.5 Å². The maximum Gasteiger partial charge on any atom is -0.0137 e. The van der Waals surface area contributed by atoms with Gasteiger partial charge in [-0.3, -0.25) is 0 Å². The molecule has 0 amide bonds. The molecule has 40 heavy (non-hydrogen) atoms. The van der Waals surface area contributed by atoms with Crippen LogP contribution in [0.3, 0.4) is 0 Å². The Morgan fingerprint density at radius 1 is 0.475 bits per heavy atom. The second kappa shape index (κ2) is 14.4. The van der Waals surface area contributed by atoms with Crippen molar-refractivity contribution in [3.05, 3.63) is 56.6 Å². The number of unbranched alkanes of at least 4 members (excludes halogenated alkanes) is 4. The number of aryl methyl sites for hydroxylation is 2. The maximum atomic E-state index is 2.74. The molecule has 0 heterocycles. The van der Waals surface area contributed by atoms with E-state index >= 15 is 0 Å². The highest BCUT2D eigenvalue weighted by Crippen LogP contribution is 2.45. The quantitative estimate of drug-likeness (QED) is 0.178. The predicted molar refractivity (Wildman–Crippen MR) is 181 cm³/mol. The molecule has 0 bridgehead atoms. The van der Waals surface area contributed by atoms with Crippen molar-refractivity contribution in [3.63, 3.8) is 0 Å². The molecule has 0 N–H and O–H groups in total. The zero-order valence-electron chi connectivity index (χ0n) is 27.6. The van der Waals surface area contributed by atoms with Gasteiger partial charge in [0.25, 0.3) is 0 Å². The van der Waals surface area contributed by atoms with Crippen molar-refractivity contribution in [2.45, 2.75) is 170 Å². The van der Waals surface area contributed by atoms with Crippen LogP contribution in [0.2, 0.25) is 0 Å². The predicted octanol–water partition coefficient (Wildman–Crippen LogP) is 12.5. The molecule has 0 saturated heterocycles. The first-order valence-electron chi connectivity index (χ1n) is 17.5. The van der Waals surface area contributed by atoms with Crippen molar-refractivity contribution in [1.29, 1.82) is 0 Å². The summed E-state index contributed by atoms with van der Waals surface area (Å²) in [4.78, 5) is 0. The Morgan fingerprint density at radius 3 is 1.10 bits per heavy atom. The van der Waals surface area contributed by atoms with Gasteiger partial charge in [-0.05, 0) is 167 Å². The number of hydrogen-bond donors (Lipinski definition) is 0. The first-order valence-corrected chi connectivity index (χ1v) is 17.5. The van der Waals surface area contributed by atoms with Gasteiger partial charge in [0.15, 0.2) is 0 Å². The summed E-state index contributed by atoms with van der Waals surface area (Å²) >= 11 is 0. The molecule has 0 heteroatoms. The average molecular weight is 541 g/mol. The van der Waals surface area contributed by atoms with E-state index in [0.717, 1.165) is 0 Å². The fraction of sp³-hybridized carbons (Fsp3) is 0.650. The molecule has 1 aliphatic carbocycles. The zero-order valence-corrected chi connectivity index (χ0v) is 27.6. The lowest BCUT2D eigenvalue weighted by atomic mass is 9.74. The van der Waals surface area contributed by atoms with Gasteiger partial charge in [0.1, 0.15) is 0 Å². The maximum absolute atomic E-state index is 2.74. The Balaban J connectivity index is 2.21. The number of benzene rings is 3. The molecular weight excluding hydrogens is 480 g/mol. The topological polar surface area (TPSA) is 0 Å². The fourth-order valence-electron chi connectivity index (χ4n) is 7.97. The summed E-state index contributed by atoms with van der Waals surface area (Å²) in [6, 6.07) is 5.47. The smallest absolute Gasteiger partial charge is 0.0137 e. The molecule has 3 aromatic carbocycles. The van der Waals surface area contributed by atoms with Gasteiger partial charge in [0, 0.05) is 0 Å². The first kappa shape index (κ1) is 31.1. The summed E-state index contributed by atoms with van der Waals surface area (Å²) < 4.78 is 0. The van der Waals surface area contributed by atoms with Gasteiger partial charge in [-0.15, -0.1) is 0 Å². The molecule has 0 aromatic heterocycles. The SMILES string of the molecule is CCCCc1c(CCCC)c(CCCC)c2cc3c(C(C)C)c4c(c(C(C)C)c3cc2c1CCCC)CCCC4. The Labute approximate surface area is 247 Å². The van der Waals surface area contributed by atoms with E-state index in [1.165, 1.54) is 103 Å². The highest BCUT2D eigenvalue weighted by atomic mass is 14.3. The molecule has 0 aliphatic heterocycles. The van der Waals surface area contributed by atoms with E-state index in [1.54, 1.807) is 66.1 Å². The molecule has 0 nitrogen and oxygen atoms in total. The minimum atomic E-state index is 0.565. The van der Waals surface area contributed by atoms with Gasteiger partial charge in [0.05, 0.1) is 0 Å². The zero-order chi connectivity index (χ0) is 28.8. The lowest BCUT2D eigenvalue weighted by Crippen LogP contribution is -2.14. The summed E-state index contributed by atoms with van der Waals surface area (Å²) in [7, 11) is 0. The molecule has 0 atom stereocenters. The third kappa shape index (κ3) is 6.17. The monoisotopic (exact) mass is 540 g/mol. The lowest BCUT2D eigenvalue weighted by molar-refractivity contribution is 0.661. The Hall–Kier alpha value is -1.82. The van der Waals surface area contributed by atoms with Crippen LogP contribution >= 0.6 is 0 Å². The third-order valence-electron chi connectivity index (χ3n) is 9.88. The van der Waals surface area contributed by atoms with E-state index < -0.39 is 0 Å². The van der Waals surface area contributed by atoms with Crippen molar-refractivity contribution in [1.82, 2.24) is 0 Å². The first-order chi connectivity index (χ1) is 19.4. The highest BCUT2D eigenvalue weighted by Gasteiger charge is 2.26. The van der Waals surface area contributed by atoms with Crippen molar-refractivity contribution >= 4 is 21.5 Å². The molecule has 4 rings (SSSR count). The lowest BCUT2D eigenvalue weighted by Gasteiger charge is -2.30. The number of fused-ring (bicyclic) bond motifs is 3. The van der Waals surface area contributed by atoms with E-state index in [-0.39, 0.29) is 0 Å². The Bertz CT molecular complexity index is 1190. The second-order valence-corrected chi connectivity index (χ2v) is 13.6. The number of rotatable bonds is 14. The van der Waals surface area contributed by atoms with E-state index in [9.17, 15) is 0 Å². The molecule has 0 fully saturated rings. The Morgan fingerprint density at radius 2 is 0.800 bits per heavy atom. The number of hydrogen-bond acceptors (Lipinski definition) is 0. The molecule has 220 valence electrons. The molecule has 0 radical (unpaired) electrons. The van der Waals surface area contributed by atoms with E-state index in [2.05, 4.69) is 67.5 Å². The van der Waals surface area contributed by atoms with Crippen LogP contribution in [0.1, 0.15) is 176 Å². The van der Waals surface area contributed by atoms with Gasteiger partial charge in [-0.1, -0.05) is 81.1 Å². The normalized spacial score (nSPS) is 13.8. The average Bonchev–Trinajstić information content (AvgIpc) is 2.94. The second-order valence-electron chi connectivity index (χ2n) is 13.6. The van der Waals surface area contributed by atoms with Crippen LogP contribution in [-0.2, 0) is 38.5 Å². The summed E-state index contributed by atoms with van der Waals surface area (Å²) in [5, 5.41) is 6.42. The minimum absolute atomic E-state index is 0.565. The summed E-state index contributed by atoms with van der Waals surface area (Å²) in [6.07, 6.45) is 20.6.